The molecule has 8 heteroatoms. The number of para-hydroxylation sites is 1. The van der Waals surface area contributed by atoms with Gasteiger partial charge in [0.2, 0.25) is 0 Å². The summed E-state index contributed by atoms with van der Waals surface area (Å²) in [5.74, 6) is -2.44. The number of carbonyl (C=O) groups excluding carboxylic acids is 2. The van der Waals surface area contributed by atoms with Gasteiger partial charge < -0.3 is 15.0 Å². The second-order valence-corrected chi connectivity index (χ2v) is 7.41. The SMILES string of the molecule is CC(OC(=O)c1cc2ccccc2nc1N1CCCC1)C(=O)Nc1cc(F)ccc1F. The molecule has 2 aromatic carbocycles. The smallest absolute Gasteiger partial charge is 0.342 e. The Morgan fingerprint density at radius 3 is 2.61 bits per heavy atom. The molecule has 3 aromatic rings. The zero-order valence-electron chi connectivity index (χ0n) is 16.9. The molecule has 0 spiro atoms. The highest BCUT2D eigenvalue weighted by Crippen LogP contribution is 2.27. The summed E-state index contributed by atoms with van der Waals surface area (Å²) in [5, 5.41) is 3.02. The van der Waals surface area contributed by atoms with E-state index in [0.29, 0.717) is 5.82 Å². The van der Waals surface area contributed by atoms with Gasteiger partial charge in [-0.3, -0.25) is 4.79 Å². The van der Waals surface area contributed by atoms with Crippen molar-refractivity contribution in [1.82, 2.24) is 4.98 Å². The molecule has 1 atom stereocenters. The average molecular weight is 425 g/mol. The predicted molar refractivity (Wildman–Crippen MR) is 113 cm³/mol. The van der Waals surface area contributed by atoms with Crippen LogP contribution in [0.15, 0.2) is 48.5 Å². The molecular weight excluding hydrogens is 404 g/mol. The number of halogens is 2. The minimum atomic E-state index is -1.23. The lowest BCUT2D eigenvalue weighted by Crippen LogP contribution is -2.31. The molecule has 0 saturated carbocycles. The zero-order valence-corrected chi connectivity index (χ0v) is 16.9. The Labute approximate surface area is 177 Å². The number of hydrogen-bond donors (Lipinski definition) is 1. The number of amides is 1. The normalized spacial score (nSPS) is 14.5. The fraction of sp³-hybridized carbons (Fsp3) is 0.261. The summed E-state index contributed by atoms with van der Waals surface area (Å²) < 4.78 is 32.5. The van der Waals surface area contributed by atoms with Crippen LogP contribution in [-0.2, 0) is 9.53 Å². The third kappa shape index (κ3) is 4.47. The summed E-state index contributed by atoms with van der Waals surface area (Å²) in [4.78, 5) is 32.0. The summed E-state index contributed by atoms with van der Waals surface area (Å²) in [5.41, 5.74) is 0.698. The van der Waals surface area contributed by atoms with Crippen molar-refractivity contribution in [1.29, 1.82) is 0 Å². The summed E-state index contributed by atoms with van der Waals surface area (Å²) >= 11 is 0. The number of ether oxygens (including phenoxy) is 1. The quantitative estimate of drug-likeness (QED) is 0.618. The molecule has 1 aliphatic rings. The summed E-state index contributed by atoms with van der Waals surface area (Å²) in [6.45, 7) is 2.93. The predicted octanol–water partition coefficient (Wildman–Crippen LogP) is 4.30. The first-order chi connectivity index (χ1) is 14.9. The van der Waals surface area contributed by atoms with Gasteiger partial charge in [-0.05, 0) is 44.0 Å². The number of hydrogen-bond acceptors (Lipinski definition) is 5. The molecule has 0 radical (unpaired) electrons. The third-order valence-corrected chi connectivity index (χ3v) is 5.17. The Hall–Kier alpha value is -3.55. The lowest BCUT2D eigenvalue weighted by molar-refractivity contribution is -0.123. The van der Waals surface area contributed by atoms with Gasteiger partial charge in [0.05, 0.1) is 11.2 Å². The maximum atomic E-state index is 13.8. The van der Waals surface area contributed by atoms with Crippen molar-refractivity contribution >= 4 is 34.3 Å². The summed E-state index contributed by atoms with van der Waals surface area (Å²) in [7, 11) is 0. The van der Waals surface area contributed by atoms with E-state index in [4.69, 9.17) is 4.74 Å². The van der Waals surface area contributed by atoms with Crippen molar-refractivity contribution in [3.63, 3.8) is 0 Å². The van der Waals surface area contributed by atoms with Gasteiger partial charge in [0.25, 0.3) is 5.91 Å². The van der Waals surface area contributed by atoms with Crippen LogP contribution in [0.5, 0.6) is 0 Å². The minimum absolute atomic E-state index is 0.261. The molecule has 1 amide bonds. The number of anilines is 2. The van der Waals surface area contributed by atoms with Crippen molar-refractivity contribution in [3.8, 4) is 0 Å². The lowest BCUT2D eigenvalue weighted by atomic mass is 10.1. The molecule has 2 heterocycles. The van der Waals surface area contributed by atoms with E-state index in [1.54, 1.807) is 6.07 Å². The minimum Gasteiger partial charge on any atom is -0.449 e. The standard InChI is InChI=1S/C23H21F2N3O3/c1-14(22(29)27-20-13-16(24)8-9-18(20)25)31-23(30)17-12-15-6-2-3-7-19(15)26-21(17)28-10-4-5-11-28/h2-3,6-9,12-14H,4-5,10-11H2,1H3,(H,27,29). The summed E-state index contributed by atoms with van der Waals surface area (Å²) in [6, 6.07) is 11.8. The highest BCUT2D eigenvalue weighted by molar-refractivity contribution is 6.02. The zero-order chi connectivity index (χ0) is 22.0. The van der Waals surface area contributed by atoms with Gasteiger partial charge in [0, 0.05) is 24.5 Å². The largest absolute Gasteiger partial charge is 0.449 e. The van der Waals surface area contributed by atoms with E-state index in [1.807, 2.05) is 29.2 Å². The van der Waals surface area contributed by atoms with E-state index >= 15 is 0 Å². The Morgan fingerprint density at radius 1 is 1.10 bits per heavy atom. The van der Waals surface area contributed by atoms with Crippen molar-refractivity contribution in [3.05, 3.63) is 65.7 Å². The molecule has 4 rings (SSSR count). The summed E-state index contributed by atoms with van der Waals surface area (Å²) in [6.07, 6.45) is 0.773. The van der Waals surface area contributed by atoms with E-state index in [-0.39, 0.29) is 11.3 Å². The highest BCUT2D eigenvalue weighted by Gasteiger charge is 2.26. The first-order valence-electron chi connectivity index (χ1n) is 10.0. The Bertz CT molecular complexity index is 1150. The molecule has 1 saturated heterocycles. The monoisotopic (exact) mass is 425 g/mol. The number of fused-ring (bicyclic) bond motifs is 1. The van der Waals surface area contributed by atoms with Crippen LogP contribution < -0.4 is 10.2 Å². The van der Waals surface area contributed by atoms with E-state index in [2.05, 4.69) is 10.3 Å². The van der Waals surface area contributed by atoms with E-state index < -0.39 is 29.6 Å². The number of nitrogens with zero attached hydrogens (tertiary/aromatic N) is 2. The van der Waals surface area contributed by atoms with Crippen LogP contribution in [0.4, 0.5) is 20.3 Å². The van der Waals surface area contributed by atoms with Crippen LogP contribution in [0.2, 0.25) is 0 Å². The van der Waals surface area contributed by atoms with Crippen LogP contribution in [0.25, 0.3) is 10.9 Å². The molecule has 1 fully saturated rings. The Balaban J connectivity index is 1.56. The van der Waals surface area contributed by atoms with Gasteiger partial charge in [0.15, 0.2) is 6.10 Å². The number of pyridine rings is 1. The average Bonchev–Trinajstić information content (AvgIpc) is 3.30. The first kappa shape index (κ1) is 20.7. The molecule has 0 bridgehead atoms. The van der Waals surface area contributed by atoms with E-state index in [1.165, 1.54) is 6.92 Å². The van der Waals surface area contributed by atoms with Crippen LogP contribution in [0.3, 0.4) is 0 Å². The lowest BCUT2D eigenvalue weighted by Gasteiger charge is -2.21. The maximum absolute atomic E-state index is 13.8. The van der Waals surface area contributed by atoms with Crippen LogP contribution in [0.1, 0.15) is 30.1 Å². The molecule has 1 aromatic heterocycles. The molecule has 1 aliphatic heterocycles. The van der Waals surface area contributed by atoms with Gasteiger partial charge in [-0.15, -0.1) is 0 Å². The Morgan fingerprint density at radius 2 is 1.84 bits per heavy atom. The second-order valence-electron chi connectivity index (χ2n) is 7.41. The molecule has 6 nitrogen and oxygen atoms in total. The van der Waals surface area contributed by atoms with Crippen LogP contribution in [0, 0.1) is 11.6 Å². The highest BCUT2D eigenvalue weighted by atomic mass is 19.1. The number of benzene rings is 2. The van der Waals surface area contributed by atoms with Crippen molar-refractivity contribution in [2.75, 3.05) is 23.3 Å². The van der Waals surface area contributed by atoms with Gasteiger partial charge in [0.1, 0.15) is 23.0 Å². The fourth-order valence-corrected chi connectivity index (χ4v) is 3.53. The number of nitrogens with one attached hydrogen (secondary N) is 1. The number of aromatic nitrogens is 1. The van der Waals surface area contributed by atoms with Gasteiger partial charge in [-0.2, -0.15) is 0 Å². The maximum Gasteiger partial charge on any atom is 0.342 e. The molecule has 0 aliphatic carbocycles. The van der Waals surface area contributed by atoms with Crippen molar-refractivity contribution in [2.24, 2.45) is 0 Å². The number of esters is 1. The van der Waals surface area contributed by atoms with Gasteiger partial charge >= 0.3 is 5.97 Å². The first-order valence-corrected chi connectivity index (χ1v) is 10.0. The Kier molecular flexibility index (Phi) is 5.79. The van der Waals surface area contributed by atoms with Crippen molar-refractivity contribution < 1.29 is 23.1 Å². The third-order valence-electron chi connectivity index (χ3n) is 5.17. The number of rotatable bonds is 5. The molecule has 1 unspecified atom stereocenters. The molecule has 31 heavy (non-hydrogen) atoms. The van der Waals surface area contributed by atoms with Crippen LogP contribution in [-0.4, -0.2) is 36.1 Å². The van der Waals surface area contributed by atoms with E-state index in [9.17, 15) is 18.4 Å². The fourth-order valence-electron chi connectivity index (χ4n) is 3.53. The van der Waals surface area contributed by atoms with Crippen molar-refractivity contribution in [2.45, 2.75) is 25.9 Å². The van der Waals surface area contributed by atoms with Gasteiger partial charge in [-0.1, -0.05) is 18.2 Å². The number of carbonyl (C=O) groups is 2. The molecule has 160 valence electrons. The van der Waals surface area contributed by atoms with E-state index in [0.717, 1.165) is 55.0 Å². The van der Waals surface area contributed by atoms with Crippen LogP contribution >= 0.6 is 0 Å². The molecular formula is C23H21F2N3O3. The second kappa shape index (κ2) is 8.67. The topological polar surface area (TPSA) is 71.5 Å². The van der Waals surface area contributed by atoms with Gasteiger partial charge in [-0.25, -0.2) is 18.6 Å². The molecule has 1 N–H and O–H groups in total.